The summed E-state index contributed by atoms with van der Waals surface area (Å²) in [6.45, 7) is 9.80. The van der Waals surface area contributed by atoms with E-state index >= 15 is 0 Å². The van der Waals surface area contributed by atoms with Gasteiger partial charge in [-0.2, -0.15) is 0 Å². The van der Waals surface area contributed by atoms with Crippen molar-refractivity contribution < 1.29 is 28.5 Å². The van der Waals surface area contributed by atoms with Crippen LogP contribution in [-0.2, 0) is 28.5 Å². The molecule has 0 fully saturated rings. The molecule has 0 aromatic rings. The molecule has 22 heavy (non-hydrogen) atoms. The molecule has 0 heterocycles. The third-order valence-corrected chi connectivity index (χ3v) is 3.13. The Balaban J connectivity index is 3.88. The van der Waals surface area contributed by atoms with Crippen molar-refractivity contribution >= 4 is 11.9 Å². The minimum atomic E-state index is -0.546. The van der Waals surface area contributed by atoms with E-state index in [4.69, 9.17) is 18.9 Å². The van der Waals surface area contributed by atoms with Gasteiger partial charge < -0.3 is 18.9 Å². The summed E-state index contributed by atoms with van der Waals surface area (Å²) in [6, 6.07) is 0. The van der Waals surface area contributed by atoms with E-state index in [0.717, 1.165) is 12.8 Å². The van der Waals surface area contributed by atoms with Crippen LogP contribution in [0, 0.1) is 11.8 Å². The first kappa shape index (κ1) is 20.9. The predicted molar refractivity (Wildman–Crippen MR) is 82.5 cm³/mol. The molecule has 0 aromatic heterocycles. The molecule has 0 bridgehead atoms. The van der Waals surface area contributed by atoms with Gasteiger partial charge in [-0.25, -0.2) is 0 Å². The zero-order valence-electron chi connectivity index (χ0n) is 14.3. The summed E-state index contributed by atoms with van der Waals surface area (Å²) in [5.74, 6) is -1.91. The lowest BCUT2D eigenvalue weighted by molar-refractivity contribution is -0.160. The molecule has 0 N–H and O–H groups in total. The molecule has 0 saturated heterocycles. The maximum absolute atomic E-state index is 11.8. The Morgan fingerprint density at radius 2 is 1.05 bits per heavy atom. The Morgan fingerprint density at radius 1 is 0.682 bits per heavy atom. The van der Waals surface area contributed by atoms with Crippen molar-refractivity contribution in [3.8, 4) is 0 Å². The number of esters is 2. The van der Waals surface area contributed by atoms with Gasteiger partial charge in [0.25, 0.3) is 0 Å². The van der Waals surface area contributed by atoms with E-state index in [1.165, 1.54) is 0 Å². The molecule has 0 aromatic carbocycles. The van der Waals surface area contributed by atoms with E-state index < -0.39 is 23.8 Å². The number of carbonyl (C=O) groups is 2. The lowest BCUT2D eigenvalue weighted by atomic mass is 9.96. The lowest BCUT2D eigenvalue weighted by Crippen LogP contribution is -2.30. The van der Waals surface area contributed by atoms with E-state index in [1.807, 2.05) is 13.8 Å². The predicted octanol–water partition coefficient (Wildman–Crippen LogP) is 2.20. The third kappa shape index (κ3) is 9.73. The van der Waals surface area contributed by atoms with Gasteiger partial charge in [0, 0.05) is 13.2 Å². The van der Waals surface area contributed by atoms with Crippen molar-refractivity contribution in [3.63, 3.8) is 0 Å². The Kier molecular flexibility index (Phi) is 12.8. The summed E-state index contributed by atoms with van der Waals surface area (Å²) in [4.78, 5) is 23.7. The van der Waals surface area contributed by atoms with Crippen LogP contribution in [0.25, 0.3) is 0 Å². The lowest BCUT2D eigenvalue weighted by Gasteiger charge is -2.17. The average Bonchev–Trinajstić information content (AvgIpc) is 2.52. The Bertz CT molecular complexity index is 275. The van der Waals surface area contributed by atoms with Gasteiger partial charge >= 0.3 is 11.9 Å². The highest BCUT2D eigenvalue weighted by Gasteiger charge is 2.28. The Labute approximate surface area is 133 Å². The Morgan fingerprint density at radius 3 is 1.36 bits per heavy atom. The van der Waals surface area contributed by atoms with Crippen molar-refractivity contribution in [1.82, 2.24) is 0 Å². The summed E-state index contributed by atoms with van der Waals surface area (Å²) >= 11 is 0. The molecule has 6 heteroatoms. The molecule has 0 rings (SSSR count). The van der Waals surface area contributed by atoms with Crippen molar-refractivity contribution in [3.05, 3.63) is 0 Å². The number of carbonyl (C=O) groups excluding carboxylic acids is 2. The molecule has 0 amide bonds. The standard InChI is InChI=1S/C16H30O6/c1-5-7-19-9-11-21-15(17)13(3)14(4)16(18)22-12-10-20-8-6-2/h13-14H,5-12H2,1-4H3. The van der Waals surface area contributed by atoms with E-state index in [1.54, 1.807) is 13.8 Å². The van der Waals surface area contributed by atoms with Gasteiger partial charge in [-0.3, -0.25) is 9.59 Å². The summed E-state index contributed by atoms with van der Waals surface area (Å²) in [7, 11) is 0. The Hall–Kier alpha value is -1.14. The molecule has 0 spiro atoms. The van der Waals surface area contributed by atoms with Gasteiger partial charge in [-0.05, 0) is 12.8 Å². The maximum atomic E-state index is 11.8. The molecule has 2 atom stereocenters. The zero-order valence-corrected chi connectivity index (χ0v) is 14.3. The second-order valence-electron chi connectivity index (χ2n) is 5.14. The first-order valence-electron chi connectivity index (χ1n) is 8.03. The number of ether oxygens (including phenoxy) is 4. The largest absolute Gasteiger partial charge is 0.463 e. The topological polar surface area (TPSA) is 71.1 Å². The molecule has 6 nitrogen and oxygen atoms in total. The fourth-order valence-corrected chi connectivity index (χ4v) is 1.57. The summed E-state index contributed by atoms with van der Waals surface area (Å²) < 4.78 is 20.6. The summed E-state index contributed by atoms with van der Waals surface area (Å²) in [6.07, 6.45) is 1.85. The van der Waals surface area contributed by atoms with Crippen LogP contribution in [0.2, 0.25) is 0 Å². The van der Waals surface area contributed by atoms with Crippen LogP contribution in [0.4, 0.5) is 0 Å². The molecule has 0 aliphatic carbocycles. The van der Waals surface area contributed by atoms with Crippen LogP contribution in [0.15, 0.2) is 0 Å². The maximum Gasteiger partial charge on any atom is 0.309 e. The van der Waals surface area contributed by atoms with Crippen LogP contribution in [0.1, 0.15) is 40.5 Å². The zero-order chi connectivity index (χ0) is 16.8. The average molecular weight is 318 g/mol. The van der Waals surface area contributed by atoms with Gasteiger partial charge in [-0.15, -0.1) is 0 Å². The van der Waals surface area contributed by atoms with Crippen LogP contribution >= 0.6 is 0 Å². The monoisotopic (exact) mass is 318 g/mol. The van der Waals surface area contributed by atoms with E-state index in [-0.39, 0.29) is 13.2 Å². The van der Waals surface area contributed by atoms with Crippen LogP contribution in [0.5, 0.6) is 0 Å². The fraction of sp³-hybridized carbons (Fsp3) is 0.875. The highest BCUT2D eigenvalue weighted by atomic mass is 16.6. The number of hydrogen-bond acceptors (Lipinski definition) is 6. The van der Waals surface area contributed by atoms with Gasteiger partial charge in [0.15, 0.2) is 0 Å². The van der Waals surface area contributed by atoms with Crippen molar-refractivity contribution in [2.75, 3.05) is 39.6 Å². The first-order chi connectivity index (χ1) is 10.5. The molecule has 2 unspecified atom stereocenters. The smallest absolute Gasteiger partial charge is 0.309 e. The molecule has 0 aliphatic rings. The quantitative estimate of drug-likeness (QED) is 0.383. The molecule has 0 aliphatic heterocycles. The molecule has 130 valence electrons. The van der Waals surface area contributed by atoms with Crippen LogP contribution in [0.3, 0.4) is 0 Å². The van der Waals surface area contributed by atoms with Crippen LogP contribution in [-0.4, -0.2) is 51.6 Å². The highest BCUT2D eigenvalue weighted by molar-refractivity contribution is 5.81. The summed E-state index contributed by atoms with van der Waals surface area (Å²) in [5.41, 5.74) is 0. The fourth-order valence-electron chi connectivity index (χ4n) is 1.57. The number of rotatable bonds is 13. The van der Waals surface area contributed by atoms with Crippen LogP contribution < -0.4 is 0 Å². The van der Waals surface area contributed by atoms with Crippen molar-refractivity contribution in [1.29, 1.82) is 0 Å². The number of hydrogen-bond donors (Lipinski definition) is 0. The molecule has 0 saturated carbocycles. The molecular weight excluding hydrogens is 288 g/mol. The van der Waals surface area contributed by atoms with E-state index in [9.17, 15) is 9.59 Å². The van der Waals surface area contributed by atoms with Gasteiger partial charge in [0.2, 0.25) is 0 Å². The molecular formula is C16H30O6. The first-order valence-corrected chi connectivity index (χ1v) is 8.03. The highest BCUT2D eigenvalue weighted by Crippen LogP contribution is 2.14. The minimum Gasteiger partial charge on any atom is -0.463 e. The van der Waals surface area contributed by atoms with Gasteiger partial charge in [-0.1, -0.05) is 27.7 Å². The van der Waals surface area contributed by atoms with E-state index in [0.29, 0.717) is 26.4 Å². The second kappa shape index (κ2) is 13.5. The minimum absolute atomic E-state index is 0.204. The normalized spacial score (nSPS) is 13.5. The second-order valence-corrected chi connectivity index (χ2v) is 5.14. The van der Waals surface area contributed by atoms with Gasteiger partial charge in [0.1, 0.15) is 13.2 Å². The summed E-state index contributed by atoms with van der Waals surface area (Å²) in [5, 5.41) is 0. The molecule has 0 radical (unpaired) electrons. The van der Waals surface area contributed by atoms with Crippen molar-refractivity contribution in [2.24, 2.45) is 11.8 Å². The van der Waals surface area contributed by atoms with Gasteiger partial charge in [0.05, 0.1) is 25.0 Å². The SMILES string of the molecule is CCCOCCOC(=O)C(C)C(C)C(=O)OCCOCCC. The van der Waals surface area contributed by atoms with E-state index in [2.05, 4.69) is 0 Å². The third-order valence-electron chi connectivity index (χ3n) is 3.13. The van der Waals surface area contributed by atoms with Crippen molar-refractivity contribution in [2.45, 2.75) is 40.5 Å².